The summed E-state index contributed by atoms with van der Waals surface area (Å²) in [5.41, 5.74) is 7.13. The van der Waals surface area contributed by atoms with E-state index in [4.69, 9.17) is 17.0 Å². The number of fused-ring (bicyclic) bond motifs is 1. The first-order valence-corrected chi connectivity index (χ1v) is 9.16. The molecule has 3 N–H and O–H groups in total. The number of hydrazine groups is 1. The maximum Gasteiger partial charge on any atom is 0.258 e. The van der Waals surface area contributed by atoms with Gasteiger partial charge < -0.3 is 14.6 Å². The molecule has 1 aromatic carbocycles. The van der Waals surface area contributed by atoms with Crippen molar-refractivity contribution in [2.45, 2.75) is 13.0 Å². The Morgan fingerprint density at radius 1 is 1.23 bits per heavy atom. The van der Waals surface area contributed by atoms with Crippen LogP contribution in [0.2, 0.25) is 0 Å². The van der Waals surface area contributed by atoms with Crippen LogP contribution in [0.15, 0.2) is 30.6 Å². The molecule has 26 heavy (non-hydrogen) atoms. The Hall–Kier alpha value is -2.23. The van der Waals surface area contributed by atoms with Gasteiger partial charge in [-0.2, -0.15) is 0 Å². The predicted octanol–water partition coefficient (Wildman–Crippen LogP) is 0.254. The van der Waals surface area contributed by atoms with Gasteiger partial charge in [0.15, 0.2) is 5.11 Å². The highest BCUT2D eigenvalue weighted by Crippen LogP contribution is 2.11. The molecule has 0 spiro atoms. The highest BCUT2D eigenvalue weighted by atomic mass is 32.1. The van der Waals surface area contributed by atoms with E-state index in [1.165, 1.54) is 0 Å². The number of nitrogens with zero attached hydrogens (tertiary/aromatic N) is 3. The van der Waals surface area contributed by atoms with Crippen molar-refractivity contribution in [2.75, 3.05) is 39.4 Å². The van der Waals surface area contributed by atoms with E-state index in [-0.39, 0.29) is 12.5 Å². The molecule has 1 aliphatic heterocycles. The molecule has 1 aliphatic rings. The van der Waals surface area contributed by atoms with Crippen molar-refractivity contribution in [1.29, 1.82) is 0 Å². The first-order chi connectivity index (χ1) is 12.7. The third-order valence-corrected chi connectivity index (χ3v) is 4.44. The van der Waals surface area contributed by atoms with E-state index in [0.29, 0.717) is 5.11 Å². The number of hydrogen-bond acceptors (Lipinski definition) is 5. The molecular formula is C17H24N6O2S. The van der Waals surface area contributed by atoms with Crippen LogP contribution in [-0.4, -0.2) is 64.9 Å². The average Bonchev–Trinajstić information content (AvgIpc) is 3.07. The third-order valence-electron chi connectivity index (χ3n) is 4.20. The van der Waals surface area contributed by atoms with E-state index in [2.05, 4.69) is 26.1 Å². The molecule has 140 valence electrons. The SMILES string of the molecule is O=C(Cn1cnc2ccccc21)NNC(=S)NCCCN1CCOCC1. The Kier molecular flexibility index (Phi) is 6.75. The number of carbonyl (C=O) groups excluding carboxylic acids is 1. The van der Waals surface area contributed by atoms with Crippen LogP contribution < -0.4 is 16.2 Å². The summed E-state index contributed by atoms with van der Waals surface area (Å²) in [6.45, 7) is 5.54. The number of hydrogen-bond donors (Lipinski definition) is 3. The molecule has 3 rings (SSSR count). The molecular weight excluding hydrogens is 352 g/mol. The number of benzene rings is 1. The minimum absolute atomic E-state index is 0.174. The number of amides is 1. The van der Waals surface area contributed by atoms with Crippen molar-refractivity contribution in [1.82, 2.24) is 30.6 Å². The molecule has 0 bridgehead atoms. The number of morpholine rings is 1. The average molecular weight is 376 g/mol. The lowest BCUT2D eigenvalue weighted by Crippen LogP contribution is -2.48. The predicted molar refractivity (Wildman–Crippen MR) is 103 cm³/mol. The molecule has 0 saturated carbocycles. The van der Waals surface area contributed by atoms with Gasteiger partial charge in [-0.3, -0.25) is 20.5 Å². The number of aromatic nitrogens is 2. The Balaban J connectivity index is 1.31. The Morgan fingerprint density at radius 3 is 2.88 bits per heavy atom. The van der Waals surface area contributed by atoms with Crippen molar-refractivity contribution in [3.8, 4) is 0 Å². The van der Waals surface area contributed by atoms with Gasteiger partial charge in [0, 0.05) is 19.6 Å². The second kappa shape index (κ2) is 9.46. The summed E-state index contributed by atoms with van der Waals surface area (Å²) in [6.07, 6.45) is 2.64. The maximum atomic E-state index is 12.1. The van der Waals surface area contributed by atoms with Crippen LogP contribution in [0.5, 0.6) is 0 Å². The number of rotatable bonds is 6. The molecule has 0 radical (unpaired) electrons. The number of imidazole rings is 1. The summed E-state index contributed by atoms with van der Waals surface area (Å²) in [5.74, 6) is -0.189. The van der Waals surface area contributed by atoms with E-state index in [0.717, 1.165) is 56.8 Å². The van der Waals surface area contributed by atoms with Gasteiger partial charge >= 0.3 is 0 Å². The molecule has 0 unspecified atom stereocenters. The van der Waals surface area contributed by atoms with E-state index in [1.807, 2.05) is 24.3 Å². The fourth-order valence-corrected chi connectivity index (χ4v) is 2.98. The summed E-state index contributed by atoms with van der Waals surface area (Å²) in [4.78, 5) is 18.7. The molecule has 2 heterocycles. The molecule has 1 amide bonds. The lowest BCUT2D eigenvalue weighted by Gasteiger charge is -2.26. The van der Waals surface area contributed by atoms with Crippen LogP contribution in [0.3, 0.4) is 0 Å². The highest BCUT2D eigenvalue weighted by Gasteiger charge is 2.09. The summed E-state index contributed by atoms with van der Waals surface area (Å²) in [5, 5.41) is 3.51. The summed E-state index contributed by atoms with van der Waals surface area (Å²) in [6, 6.07) is 7.69. The Bertz CT molecular complexity index is 744. The minimum atomic E-state index is -0.189. The number of carbonyl (C=O) groups is 1. The molecule has 1 fully saturated rings. The van der Waals surface area contributed by atoms with Crippen LogP contribution in [0.4, 0.5) is 0 Å². The number of thiocarbonyl (C=S) groups is 1. The van der Waals surface area contributed by atoms with E-state index < -0.39 is 0 Å². The normalized spacial score (nSPS) is 14.9. The fourth-order valence-electron chi connectivity index (χ4n) is 2.83. The van der Waals surface area contributed by atoms with Gasteiger partial charge in [0.05, 0.1) is 30.6 Å². The summed E-state index contributed by atoms with van der Waals surface area (Å²) >= 11 is 5.18. The second-order valence-corrected chi connectivity index (χ2v) is 6.51. The van der Waals surface area contributed by atoms with Crippen molar-refractivity contribution in [2.24, 2.45) is 0 Å². The van der Waals surface area contributed by atoms with Gasteiger partial charge in [0.25, 0.3) is 5.91 Å². The quantitative estimate of drug-likeness (QED) is 0.379. The molecule has 9 heteroatoms. The zero-order valence-corrected chi connectivity index (χ0v) is 15.4. The number of nitrogens with one attached hydrogen (secondary N) is 3. The van der Waals surface area contributed by atoms with E-state index in [9.17, 15) is 4.79 Å². The minimum Gasteiger partial charge on any atom is -0.379 e. The highest BCUT2D eigenvalue weighted by molar-refractivity contribution is 7.80. The Labute approximate surface area is 157 Å². The van der Waals surface area contributed by atoms with Gasteiger partial charge in [-0.1, -0.05) is 12.1 Å². The van der Waals surface area contributed by atoms with E-state index in [1.54, 1.807) is 10.9 Å². The van der Waals surface area contributed by atoms with Crippen molar-refractivity contribution in [3.05, 3.63) is 30.6 Å². The Morgan fingerprint density at radius 2 is 2.04 bits per heavy atom. The number of ether oxygens (including phenoxy) is 1. The van der Waals surface area contributed by atoms with Gasteiger partial charge in [0.2, 0.25) is 0 Å². The van der Waals surface area contributed by atoms with Crippen LogP contribution in [-0.2, 0) is 16.1 Å². The van der Waals surface area contributed by atoms with Crippen molar-refractivity contribution in [3.63, 3.8) is 0 Å². The molecule has 0 aliphatic carbocycles. The summed E-state index contributed by atoms with van der Waals surface area (Å²) in [7, 11) is 0. The molecule has 1 aromatic heterocycles. The molecule has 8 nitrogen and oxygen atoms in total. The standard InChI is InChI=1S/C17H24N6O2S/c24-16(12-23-13-19-14-4-1-2-5-15(14)23)20-21-17(26)18-6-3-7-22-8-10-25-11-9-22/h1-2,4-5,13H,3,6-12H2,(H,20,24)(H2,18,21,26). The van der Waals surface area contributed by atoms with Gasteiger partial charge in [-0.25, -0.2) is 4.98 Å². The van der Waals surface area contributed by atoms with Crippen molar-refractivity contribution >= 4 is 34.3 Å². The van der Waals surface area contributed by atoms with Crippen LogP contribution in [0, 0.1) is 0 Å². The molecule has 0 atom stereocenters. The van der Waals surface area contributed by atoms with Crippen molar-refractivity contribution < 1.29 is 9.53 Å². The third kappa shape index (κ3) is 5.38. The number of para-hydroxylation sites is 2. The first-order valence-electron chi connectivity index (χ1n) is 8.75. The fraction of sp³-hybridized carbons (Fsp3) is 0.471. The largest absolute Gasteiger partial charge is 0.379 e. The lowest BCUT2D eigenvalue weighted by molar-refractivity contribution is -0.122. The summed E-state index contributed by atoms with van der Waals surface area (Å²) < 4.78 is 7.12. The van der Waals surface area contributed by atoms with E-state index >= 15 is 0 Å². The maximum absolute atomic E-state index is 12.1. The first kappa shape index (κ1) is 18.6. The second-order valence-electron chi connectivity index (χ2n) is 6.10. The zero-order valence-electron chi connectivity index (χ0n) is 14.6. The lowest BCUT2D eigenvalue weighted by atomic mass is 10.3. The van der Waals surface area contributed by atoms with Crippen LogP contribution in [0.1, 0.15) is 6.42 Å². The van der Waals surface area contributed by atoms with Gasteiger partial charge in [-0.15, -0.1) is 0 Å². The van der Waals surface area contributed by atoms with Gasteiger partial charge in [-0.05, 0) is 37.3 Å². The van der Waals surface area contributed by atoms with Crippen LogP contribution in [0.25, 0.3) is 11.0 Å². The smallest absolute Gasteiger partial charge is 0.258 e. The topological polar surface area (TPSA) is 83.5 Å². The molecule has 1 saturated heterocycles. The zero-order chi connectivity index (χ0) is 18.2. The van der Waals surface area contributed by atoms with Gasteiger partial charge in [0.1, 0.15) is 6.54 Å². The van der Waals surface area contributed by atoms with Crippen LogP contribution >= 0.6 is 12.2 Å². The molecule has 2 aromatic rings. The monoisotopic (exact) mass is 376 g/mol.